The van der Waals surface area contributed by atoms with Gasteiger partial charge < -0.3 is 15.4 Å². The maximum Gasteiger partial charge on any atom is 0.342 e. The highest BCUT2D eigenvalue weighted by Gasteiger charge is 2.26. The molecule has 1 heterocycles. The van der Waals surface area contributed by atoms with Gasteiger partial charge in [-0.1, -0.05) is 6.07 Å². The Bertz CT molecular complexity index is 1120. The van der Waals surface area contributed by atoms with Crippen molar-refractivity contribution in [1.29, 1.82) is 0 Å². The molecule has 0 fully saturated rings. The third-order valence-corrected chi connectivity index (χ3v) is 7.35. The highest BCUT2D eigenvalue weighted by atomic mass is 32.2. The van der Waals surface area contributed by atoms with E-state index in [2.05, 4.69) is 10.6 Å². The number of esters is 1. The molecule has 1 aromatic carbocycles. The first kappa shape index (κ1) is 24.5. The molecule has 0 radical (unpaired) electrons. The molecule has 0 bridgehead atoms. The molecular weight excluding hydrogens is 442 g/mol. The molecule has 168 valence electrons. The second-order valence-electron chi connectivity index (χ2n) is 7.02. The van der Waals surface area contributed by atoms with Gasteiger partial charge in [0.05, 0.1) is 10.5 Å². The van der Waals surface area contributed by atoms with Crippen molar-refractivity contribution in [1.82, 2.24) is 4.31 Å². The second kappa shape index (κ2) is 9.58. The van der Waals surface area contributed by atoms with Crippen molar-refractivity contribution in [2.75, 3.05) is 24.7 Å². The summed E-state index contributed by atoms with van der Waals surface area (Å²) in [4.78, 5) is 37.5. The fourth-order valence-electron chi connectivity index (χ4n) is 2.58. The number of ether oxygens (including phenoxy) is 1. The van der Waals surface area contributed by atoms with Crippen LogP contribution in [0.15, 0.2) is 29.2 Å². The van der Waals surface area contributed by atoms with Crippen LogP contribution < -0.4 is 10.6 Å². The molecule has 2 aromatic rings. The van der Waals surface area contributed by atoms with Crippen LogP contribution in [0.3, 0.4) is 0 Å². The van der Waals surface area contributed by atoms with Gasteiger partial charge in [-0.2, -0.15) is 0 Å². The normalized spacial score (nSPS) is 12.4. The lowest BCUT2D eigenvalue weighted by Gasteiger charge is -2.16. The summed E-state index contributed by atoms with van der Waals surface area (Å²) >= 11 is 1.25. The topological polar surface area (TPSA) is 122 Å². The minimum Gasteiger partial charge on any atom is -0.449 e. The zero-order valence-electron chi connectivity index (χ0n) is 18.1. The number of amides is 2. The third-order valence-electron chi connectivity index (χ3n) is 4.41. The molecule has 2 rings (SSSR count). The predicted molar refractivity (Wildman–Crippen MR) is 119 cm³/mol. The predicted octanol–water partition coefficient (Wildman–Crippen LogP) is 2.76. The number of sulfonamides is 1. The van der Waals surface area contributed by atoms with Crippen molar-refractivity contribution in [3.8, 4) is 0 Å². The highest BCUT2D eigenvalue weighted by molar-refractivity contribution is 7.89. The van der Waals surface area contributed by atoms with E-state index >= 15 is 0 Å². The van der Waals surface area contributed by atoms with Crippen LogP contribution in [-0.2, 0) is 24.3 Å². The van der Waals surface area contributed by atoms with Crippen LogP contribution in [0.4, 0.5) is 10.7 Å². The Morgan fingerprint density at radius 1 is 1.13 bits per heavy atom. The maximum atomic E-state index is 12.7. The van der Waals surface area contributed by atoms with Crippen molar-refractivity contribution in [2.24, 2.45) is 0 Å². The maximum absolute atomic E-state index is 12.7. The van der Waals surface area contributed by atoms with Crippen LogP contribution in [-0.4, -0.2) is 50.7 Å². The molecule has 11 heteroatoms. The number of nitrogens with one attached hydrogen (secondary N) is 2. The van der Waals surface area contributed by atoms with Gasteiger partial charge in [0.15, 0.2) is 6.10 Å². The Morgan fingerprint density at radius 3 is 2.35 bits per heavy atom. The minimum absolute atomic E-state index is 0.0178. The molecule has 0 aliphatic heterocycles. The van der Waals surface area contributed by atoms with Gasteiger partial charge in [0, 0.05) is 31.6 Å². The van der Waals surface area contributed by atoms with Crippen molar-refractivity contribution in [3.05, 3.63) is 40.3 Å². The average molecular weight is 468 g/mol. The molecule has 0 unspecified atom stereocenters. The first-order valence-corrected chi connectivity index (χ1v) is 11.5. The molecule has 9 nitrogen and oxygen atoms in total. The van der Waals surface area contributed by atoms with E-state index in [0.717, 1.165) is 9.18 Å². The van der Waals surface area contributed by atoms with Crippen molar-refractivity contribution in [2.45, 2.75) is 38.7 Å². The summed E-state index contributed by atoms with van der Waals surface area (Å²) in [6.07, 6.45) is -1.16. The van der Waals surface area contributed by atoms with Crippen molar-refractivity contribution >= 4 is 49.8 Å². The number of rotatable bonds is 7. The summed E-state index contributed by atoms with van der Waals surface area (Å²) in [7, 11) is -0.848. The summed E-state index contributed by atoms with van der Waals surface area (Å²) in [6, 6.07) is 5.77. The van der Waals surface area contributed by atoms with E-state index in [1.54, 1.807) is 6.92 Å². The van der Waals surface area contributed by atoms with E-state index in [9.17, 15) is 22.8 Å². The molecule has 0 spiro atoms. The first-order valence-electron chi connectivity index (χ1n) is 9.26. The van der Waals surface area contributed by atoms with E-state index in [-0.39, 0.29) is 22.1 Å². The van der Waals surface area contributed by atoms with Crippen molar-refractivity contribution < 1.29 is 27.5 Å². The molecule has 1 aromatic heterocycles. The Labute approximate surface area is 185 Å². The van der Waals surface area contributed by atoms with E-state index in [0.29, 0.717) is 10.6 Å². The zero-order chi connectivity index (χ0) is 23.5. The average Bonchev–Trinajstić information content (AvgIpc) is 2.94. The number of carbonyl (C=O) groups is 3. The molecule has 0 saturated heterocycles. The van der Waals surface area contributed by atoms with E-state index < -0.39 is 28.0 Å². The SMILES string of the molecule is CC(=O)Nc1sc(C)c(C)c1C(=O)O[C@@H](C)C(=O)Nc1cccc(S(=O)(=O)N(C)C)c1. The Morgan fingerprint density at radius 2 is 1.77 bits per heavy atom. The molecular formula is C20H25N3O6S2. The standard InChI is InChI=1S/C20H25N3O6S2/c1-11-13(3)30-19(21-14(4)24)17(11)20(26)29-12(2)18(25)22-15-8-7-9-16(10-15)31(27,28)23(5)6/h7-10,12H,1-6H3,(H,21,24)(H,22,25)/t12-/m0/s1. The van der Waals surface area contributed by atoms with Gasteiger partial charge in [-0.15, -0.1) is 11.3 Å². The number of carbonyl (C=O) groups excluding carboxylic acids is 3. The summed E-state index contributed by atoms with van der Waals surface area (Å²) < 4.78 is 30.9. The minimum atomic E-state index is -3.66. The first-order chi connectivity index (χ1) is 14.3. The van der Waals surface area contributed by atoms with Crippen LogP contribution >= 0.6 is 11.3 Å². The van der Waals surface area contributed by atoms with E-state index in [1.807, 2.05) is 6.92 Å². The molecule has 2 amide bonds. The van der Waals surface area contributed by atoms with Gasteiger partial charge in [-0.05, 0) is 44.5 Å². The lowest BCUT2D eigenvalue weighted by Crippen LogP contribution is -2.30. The van der Waals surface area contributed by atoms with E-state index in [4.69, 9.17) is 4.74 Å². The molecule has 0 aliphatic rings. The van der Waals surface area contributed by atoms with Gasteiger partial charge in [0.25, 0.3) is 5.91 Å². The number of anilines is 2. The van der Waals surface area contributed by atoms with Gasteiger partial charge in [0.2, 0.25) is 15.9 Å². The van der Waals surface area contributed by atoms with Gasteiger partial charge >= 0.3 is 5.97 Å². The van der Waals surface area contributed by atoms with Gasteiger partial charge in [0.1, 0.15) is 5.00 Å². The zero-order valence-corrected chi connectivity index (χ0v) is 19.7. The van der Waals surface area contributed by atoms with E-state index in [1.165, 1.54) is 63.5 Å². The lowest BCUT2D eigenvalue weighted by atomic mass is 10.1. The van der Waals surface area contributed by atoms with Crippen molar-refractivity contribution in [3.63, 3.8) is 0 Å². The Kier molecular flexibility index (Phi) is 7.58. The lowest BCUT2D eigenvalue weighted by molar-refractivity contribution is -0.123. The third kappa shape index (κ3) is 5.69. The fourth-order valence-corrected chi connectivity index (χ4v) is 4.63. The van der Waals surface area contributed by atoms with Crippen LogP contribution in [0.25, 0.3) is 0 Å². The number of thiophene rings is 1. The Balaban J connectivity index is 2.16. The van der Waals surface area contributed by atoms with Gasteiger partial charge in [-0.25, -0.2) is 17.5 Å². The summed E-state index contributed by atoms with van der Waals surface area (Å²) in [5.74, 6) is -1.69. The highest BCUT2D eigenvalue weighted by Crippen LogP contribution is 2.33. The smallest absolute Gasteiger partial charge is 0.342 e. The fraction of sp³-hybridized carbons (Fsp3) is 0.350. The molecule has 2 N–H and O–H groups in total. The van der Waals surface area contributed by atoms with Crippen LogP contribution in [0, 0.1) is 13.8 Å². The number of nitrogens with zero attached hydrogens (tertiary/aromatic N) is 1. The molecule has 31 heavy (non-hydrogen) atoms. The van der Waals surface area contributed by atoms with Crippen LogP contribution in [0.5, 0.6) is 0 Å². The number of hydrogen-bond acceptors (Lipinski definition) is 7. The number of aryl methyl sites for hydroxylation is 1. The van der Waals surface area contributed by atoms with Crippen LogP contribution in [0.1, 0.15) is 34.6 Å². The summed E-state index contributed by atoms with van der Waals surface area (Å²) in [5, 5.41) is 5.52. The molecule has 1 atom stereocenters. The quantitative estimate of drug-likeness (QED) is 0.604. The Hall–Kier alpha value is -2.76. The van der Waals surface area contributed by atoms with Gasteiger partial charge in [-0.3, -0.25) is 9.59 Å². The number of hydrogen-bond donors (Lipinski definition) is 2. The summed E-state index contributed by atoms with van der Waals surface area (Å²) in [6.45, 7) is 6.28. The van der Waals surface area contributed by atoms with Crippen LogP contribution in [0.2, 0.25) is 0 Å². The molecule has 0 aliphatic carbocycles. The largest absolute Gasteiger partial charge is 0.449 e. The molecule has 0 saturated carbocycles. The number of benzene rings is 1. The monoisotopic (exact) mass is 467 g/mol. The second-order valence-corrected chi connectivity index (χ2v) is 10.4. The summed E-state index contributed by atoms with van der Waals surface area (Å²) in [5.41, 5.74) is 1.11.